The Morgan fingerprint density at radius 3 is 2.28 bits per heavy atom. The van der Waals surface area contributed by atoms with Gasteiger partial charge in [-0.25, -0.2) is 0 Å². The third-order valence-electron chi connectivity index (χ3n) is 6.22. The molecule has 4 aromatic carbocycles. The number of ether oxygens (including phenoxy) is 2. The van der Waals surface area contributed by atoms with Gasteiger partial charge in [-0.2, -0.15) is 0 Å². The van der Waals surface area contributed by atoms with Crippen molar-refractivity contribution in [3.63, 3.8) is 0 Å². The smallest absolute Gasteiger partial charge is 0.247 e. The molecule has 7 N–H and O–H groups in total. The summed E-state index contributed by atoms with van der Waals surface area (Å²) in [5, 5.41) is 14.0. The summed E-state index contributed by atoms with van der Waals surface area (Å²) in [5.74, 6) is 0.894. The second-order valence-corrected chi connectivity index (χ2v) is 9.04. The fraction of sp³-hybridized carbons (Fsp3) is 0.161. The molecule has 8 heteroatoms. The van der Waals surface area contributed by atoms with E-state index >= 15 is 0 Å². The van der Waals surface area contributed by atoms with Crippen LogP contribution in [0.15, 0.2) is 97.1 Å². The number of amides is 1. The van der Waals surface area contributed by atoms with Crippen LogP contribution in [0.25, 0.3) is 0 Å². The van der Waals surface area contributed by atoms with Crippen LogP contribution in [0.2, 0.25) is 0 Å². The number of nitrogens with one attached hydrogen (secondary N) is 3. The summed E-state index contributed by atoms with van der Waals surface area (Å²) in [6, 6.07) is 29.3. The number of nitrogens with two attached hydrogens (primary N) is 2. The zero-order chi connectivity index (χ0) is 27.6. The van der Waals surface area contributed by atoms with Gasteiger partial charge in [0.2, 0.25) is 5.91 Å². The highest BCUT2D eigenvalue weighted by molar-refractivity contribution is 5.95. The molecule has 4 rings (SSSR count). The van der Waals surface area contributed by atoms with Crippen LogP contribution < -0.4 is 31.6 Å². The van der Waals surface area contributed by atoms with Crippen molar-refractivity contribution in [3.8, 4) is 11.5 Å². The number of benzene rings is 4. The van der Waals surface area contributed by atoms with Gasteiger partial charge in [-0.3, -0.25) is 10.2 Å². The molecule has 1 unspecified atom stereocenters. The van der Waals surface area contributed by atoms with E-state index in [1.54, 1.807) is 31.4 Å². The number of hydrogen-bond donors (Lipinski definition) is 5. The molecule has 8 nitrogen and oxygen atoms in total. The van der Waals surface area contributed by atoms with Crippen LogP contribution in [0.5, 0.6) is 11.5 Å². The highest BCUT2D eigenvalue weighted by atomic mass is 16.5. The molecule has 0 bridgehead atoms. The van der Waals surface area contributed by atoms with Crippen molar-refractivity contribution >= 4 is 23.1 Å². The summed E-state index contributed by atoms with van der Waals surface area (Å²) in [7, 11) is 1.57. The Morgan fingerprint density at radius 2 is 1.62 bits per heavy atom. The second kappa shape index (κ2) is 13.0. The molecule has 0 fully saturated rings. The van der Waals surface area contributed by atoms with Crippen molar-refractivity contribution in [2.24, 2.45) is 5.73 Å². The van der Waals surface area contributed by atoms with Crippen LogP contribution in [0, 0.1) is 5.41 Å². The van der Waals surface area contributed by atoms with Crippen molar-refractivity contribution in [3.05, 3.63) is 119 Å². The summed E-state index contributed by atoms with van der Waals surface area (Å²) in [5.41, 5.74) is 16.2. The van der Waals surface area contributed by atoms with Crippen LogP contribution in [0.4, 0.5) is 11.4 Å². The maximum atomic E-state index is 13.4. The van der Waals surface area contributed by atoms with Crippen molar-refractivity contribution < 1.29 is 14.3 Å². The number of rotatable bonds is 12. The topological polar surface area (TPSA) is 135 Å². The van der Waals surface area contributed by atoms with E-state index in [2.05, 4.69) is 10.6 Å². The zero-order valence-electron chi connectivity index (χ0n) is 21.8. The molecule has 39 heavy (non-hydrogen) atoms. The average molecular weight is 524 g/mol. The van der Waals surface area contributed by atoms with Gasteiger partial charge in [0.1, 0.15) is 18.5 Å². The molecule has 200 valence electrons. The summed E-state index contributed by atoms with van der Waals surface area (Å²) >= 11 is 0. The summed E-state index contributed by atoms with van der Waals surface area (Å²) in [4.78, 5) is 13.4. The predicted molar refractivity (Wildman–Crippen MR) is 155 cm³/mol. The number of hydrogen-bond acceptors (Lipinski definition) is 6. The zero-order valence-corrected chi connectivity index (χ0v) is 21.8. The van der Waals surface area contributed by atoms with Gasteiger partial charge in [0, 0.05) is 23.5 Å². The van der Waals surface area contributed by atoms with Gasteiger partial charge >= 0.3 is 0 Å². The Balaban J connectivity index is 1.53. The Labute approximate surface area is 228 Å². The fourth-order valence-electron chi connectivity index (χ4n) is 4.05. The Hall–Kier alpha value is -4.98. The molecule has 1 atom stereocenters. The molecule has 0 aliphatic carbocycles. The molecule has 0 heterocycles. The van der Waals surface area contributed by atoms with E-state index in [4.69, 9.17) is 26.4 Å². The van der Waals surface area contributed by atoms with E-state index in [1.807, 2.05) is 72.8 Å². The molecule has 0 saturated carbocycles. The third kappa shape index (κ3) is 7.52. The predicted octanol–water partition coefficient (Wildman–Crippen LogP) is 4.65. The van der Waals surface area contributed by atoms with E-state index in [-0.39, 0.29) is 11.7 Å². The van der Waals surface area contributed by atoms with Crippen LogP contribution in [0.3, 0.4) is 0 Å². The Bertz CT molecular complexity index is 1390. The van der Waals surface area contributed by atoms with E-state index in [0.717, 1.165) is 11.1 Å². The molecular formula is C31H33N5O3. The molecule has 0 aromatic heterocycles. The first-order valence-corrected chi connectivity index (χ1v) is 12.6. The van der Waals surface area contributed by atoms with Gasteiger partial charge in [0.25, 0.3) is 0 Å². The Morgan fingerprint density at radius 1 is 0.897 bits per heavy atom. The lowest BCUT2D eigenvalue weighted by molar-refractivity contribution is -0.121. The minimum absolute atomic E-state index is 0.0191. The van der Waals surface area contributed by atoms with Crippen molar-refractivity contribution in [2.75, 3.05) is 24.7 Å². The quantitative estimate of drug-likeness (QED) is 0.104. The van der Waals surface area contributed by atoms with Crippen LogP contribution in [-0.2, 0) is 17.8 Å². The number of nitrogen functional groups attached to an aromatic ring is 2. The van der Waals surface area contributed by atoms with E-state index in [9.17, 15) is 4.79 Å². The number of methoxy groups -OCH3 is 1. The number of carbonyl (C=O) groups is 1. The molecule has 0 radical (unpaired) electrons. The first kappa shape index (κ1) is 27.1. The van der Waals surface area contributed by atoms with Crippen LogP contribution in [-0.4, -0.2) is 25.4 Å². The van der Waals surface area contributed by atoms with E-state index in [0.29, 0.717) is 53.6 Å². The Kier molecular flexibility index (Phi) is 9.03. The van der Waals surface area contributed by atoms with Gasteiger partial charge < -0.3 is 31.6 Å². The fourth-order valence-corrected chi connectivity index (χ4v) is 4.05. The molecule has 0 aliphatic heterocycles. The molecule has 4 aromatic rings. The van der Waals surface area contributed by atoms with E-state index < -0.39 is 6.04 Å². The maximum Gasteiger partial charge on any atom is 0.247 e. The van der Waals surface area contributed by atoms with Gasteiger partial charge in [-0.1, -0.05) is 48.5 Å². The number of carbonyl (C=O) groups excluding carboxylic acids is 1. The lowest BCUT2D eigenvalue weighted by Gasteiger charge is -2.22. The minimum Gasteiger partial charge on any atom is -0.493 e. The highest BCUT2D eigenvalue weighted by Crippen LogP contribution is 2.32. The standard InChI is InChI=1S/C31H33N5O3/c1-38-28-19-24(11-16-27(28)39-20-22-5-3-2-4-6-22)29(36-26-14-9-23(10-15-26)30(33)34)31(37)35-18-17-21-7-12-25(32)13-8-21/h2-16,19,29,36H,17-18,20,32H2,1H3,(H3,33,34)(H,35,37). The summed E-state index contributed by atoms with van der Waals surface area (Å²) in [6.45, 7) is 0.853. The highest BCUT2D eigenvalue weighted by Gasteiger charge is 2.22. The molecule has 1 amide bonds. The maximum absolute atomic E-state index is 13.4. The lowest BCUT2D eigenvalue weighted by atomic mass is 10.0. The second-order valence-electron chi connectivity index (χ2n) is 9.04. The number of anilines is 2. The first-order valence-electron chi connectivity index (χ1n) is 12.6. The minimum atomic E-state index is -0.711. The lowest BCUT2D eigenvalue weighted by Crippen LogP contribution is -2.34. The molecule has 0 aliphatic rings. The van der Waals surface area contributed by atoms with Gasteiger partial charge in [0.05, 0.1) is 7.11 Å². The monoisotopic (exact) mass is 523 g/mol. The normalized spacial score (nSPS) is 11.3. The van der Waals surface area contributed by atoms with Crippen molar-refractivity contribution in [2.45, 2.75) is 19.1 Å². The molecule has 0 spiro atoms. The first-order chi connectivity index (χ1) is 18.9. The SMILES string of the molecule is COc1cc(C(Nc2ccc(C(=N)N)cc2)C(=O)NCCc2ccc(N)cc2)ccc1OCc1ccccc1. The van der Waals surface area contributed by atoms with Crippen LogP contribution >= 0.6 is 0 Å². The largest absolute Gasteiger partial charge is 0.493 e. The molecule has 0 saturated heterocycles. The number of amidine groups is 1. The molecular weight excluding hydrogens is 490 g/mol. The van der Waals surface area contributed by atoms with Crippen LogP contribution in [0.1, 0.15) is 28.3 Å². The summed E-state index contributed by atoms with van der Waals surface area (Å²) < 4.78 is 11.6. The van der Waals surface area contributed by atoms with E-state index in [1.165, 1.54) is 0 Å². The average Bonchev–Trinajstić information content (AvgIpc) is 2.96. The van der Waals surface area contributed by atoms with Gasteiger partial charge in [-0.05, 0) is 71.6 Å². The summed E-state index contributed by atoms with van der Waals surface area (Å²) in [6.07, 6.45) is 0.668. The van der Waals surface area contributed by atoms with Crippen molar-refractivity contribution in [1.29, 1.82) is 5.41 Å². The van der Waals surface area contributed by atoms with Crippen molar-refractivity contribution in [1.82, 2.24) is 5.32 Å². The van der Waals surface area contributed by atoms with Gasteiger partial charge in [-0.15, -0.1) is 0 Å². The third-order valence-corrected chi connectivity index (χ3v) is 6.22. The van der Waals surface area contributed by atoms with Gasteiger partial charge in [0.15, 0.2) is 11.5 Å².